The zero-order valence-corrected chi connectivity index (χ0v) is 13.5. The highest BCUT2D eigenvalue weighted by Gasteiger charge is 2.17. The molecule has 1 N–H and O–H groups in total. The largest absolute Gasteiger partial charge is 0.339 e. The molecule has 5 heteroatoms. The highest BCUT2D eigenvalue weighted by atomic mass is 16.2. The van der Waals surface area contributed by atoms with Crippen LogP contribution in [0, 0.1) is 6.92 Å². The Kier molecular flexibility index (Phi) is 4.86. The molecule has 5 nitrogen and oxygen atoms in total. The Hall–Kier alpha value is -2.43. The number of anilines is 2. The molecule has 1 saturated heterocycles. The molecule has 0 spiro atoms. The lowest BCUT2D eigenvalue weighted by molar-refractivity contribution is 0.0761. The predicted octanol–water partition coefficient (Wildman–Crippen LogP) is 3.54. The Morgan fingerprint density at radius 2 is 1.70 bits per heavy atom. The quantitative estimate of drug-likeness (QED) is 0.942. The number of aryl methyl sites for hydroxylation is 1. The molecule has 0 atom stereocenters. The van der Waals surface area contributed by atoms with Crippen molar-refractivity contribution in [3.05, 3.63) is 47.8 Å². The lowest BCUT2D eigenvalue weighted by atomic mass is 10.2. The normalized spacial score (nSPS) is 15.1. The number of para-hydroxylation sites is 1. The number of hydrogen-bond donors (Lipinski definition) is 1. The summed E-state index contributed by atoms with van der Waals surface area (Å²) in [4.78, 5) is 23.0. The summed E-state index contributed by atoms with van der Waals surface area (Å²) in [6.07, 6.45) is 7.81. The maximum absolute atomic E-state index is 12.5. The molecule has 3 rings (SSSR count). The van der Waals surface area contributed by atoms with Gasteiger partial charge in [-0.3, -0.25) is 4.79 Å². The second-order valence-electron chi connectivity index (χ2n) is 5.94. The lowest BCUT2D eigenvalue weighted by Gasteiger charge is -2.20. The van der Waals surface area contributed by atoms with Gasteiger partial charge in [0.05, 0.1) is 5.56 Å². The van der Waals surface area contributed by atoms with Crippen LogP contribution in [0.25, 0.3) is 0 Å². The molecule has 23 heavy (non-hydrogen) atoms. The van der Waals surface area contributed by atoms with Crippen molar-refractivity contribution in [1.82, 2.24) is 14.9 Å². The maximum atomic E-state index is 12.5. The molecule has 1 aromatic heterocycles. The maximum Gasteiger partial charge on any atom is 0.256 e. The summed E-state index contributed by atoms with van der Waals surface area (Å²) in [5.41, 5.74) is 2.65. The molecule has 1 amide bonds. The SMILES string of the molecule is Cc1ccccc1Nc1ncc(C(=O)N2CCCCCC2)cn1. The zero-order valence-electron chi connectivity index (χ0n) is 13.5. The van der Waals surface area contributed by atoms with E-state index < -0.39 is 0 Å². The monoisotopic (exact) mass is 310 g/mol. The van der Waals surface area contributed by atoms with E-state index in [0.29, 0.717) is 11.5 Å². The van der Waals surface area contributed by atoms with Gasteiger partial charge in [0.1, 0.15) is 0 Å². The van der Waals surface area contributed by atoms with E-state index in [-0.39, 0.29) is 5.91 Å². The van der Waals surface area contributed by atoms with E-state index in [4.69, 9.17) is 0 Å². The van der Waals surface area contributed by atoms with Crippen LogP contribution >= 0.6 is 0 Å². The fourth-order valence-corrected chi connectivity index (χ4v) is 2.79. The van der Waals surface area contributed by atoms with Gasteiger partial charge in [-0.25, -0.2) is 9.97 Å². The molecule has 0 unspecified atom stereocenters. The van der Waals surface area contributed by atoms with Crippen LogP contribution < -0.4 is 5.32 Å². The minimum atomic E-state index is 0.0364. The molecule has 1 aromatic carbocycles. The summed E-state index contributed by atoms with van der Waals surface area (Å²) in [6.45, 7) is 3.70. The molecule has 0 saturated carbocycles. The average molecular weight is 310 g/mol. The van der Waals surface area contributed by atoms with Crippen molar-refractivity contribution in [2.75, 3.05) is 18.4 Å². The third-order valence-corrected chi connectivity index (χ3v) is 4.18. The topological polar surface area (TPSA) is 58.1 Å². The second kappa shape index (κ2) is 7.22. The first kappa shape index (κ1) is 15.5. The van der Waals surface area contributed by atoms with Gasteiger partial charge in [0.15, 0.2) is 0 Å². The number of nitrogens with one attached hydrogen (secondary N) is 1. The molecule has 1 aliphatic heterocycles. The Balaban J connectivity index is 1.69. The van der Waals surface area contributed by atoms with Crippen LogP contribution in [0.4, 0.5) is 11.6 Å². The van der Waals surface area contributed by atoms with Gasteiger partial charge in [0.25, 0.3) is 5.91 Å². The molecular formula is C18H22N4O. The summed E-state index contributed by atoms with van der Waals surface area (Å²) in [7, 11) is 0. The number of carbonyl (C=O) groups excluding carboxylic acids is 1. The highest BCUT2D eigenvalue weighted by Crippen LogP contribution is 2.18. The van der Waals surface area contributed by atoms with Gasteiger partial charge >= 0.3 is 0 Å². The number of aromatic nitrogens is 2. The van der Waals surface area contributed by atoms with Crippen molar-refractivity contribution in [3.63, 3.8) is 0 Å². The third-order valence-electron chi connectivity index (χ3n) is 4.18. The number of amides is 1. The Labute approximate surface area is 136 Å². The van der Waals surface area contributed by atoms with E-state index in [1.54, 1.807) is 12.4 Å². The first-order chi connectivity index (χ1) is 11.2. The van der Waals surface area contributed by atoms with E-state index >= 15 is 0 Å². The van der Waals surface area contributed by atoms with E-state index in [2.05, 4.69) is 15.3 Å². The van der Waals surface area contributed by atoms with Crippen LogP contribution in [0.5, 0.6) is 0 Å². The van der Waals surface area contributed by atoms with Gasteiger partial charge in [-0.1, -0.05) is 31.0 Å². The first-order valence-corrected chi connectivity index (χ1v) is 8.18. The number of likely N-dealkylation sites (tertiary alicyclic amines) is 1. The van der Waals surface area contributed by atoms with Crippen LogP contribution in [0.3, 0.4) is 0 Å². The van der Waals surface area contributed by atoms with Crippen LogP contribution in [-0.2, 0) is 0 Å². The molecule has 1 aliphatic rings. The Morgan fingerprint density at radius 3 is 2.35 bits per heavy atom. The third kappa shape index (κ3) is 3.86. The van der Waals surface area contributed by atoms with E-state index in [1.807, 2.05) is 36.1 Å². The number of nitrogens with zero attached hydrogens (tertiary/aromatic N) is 3. The molecule has 0 bridgehead atoms. The predicted molar refractivity (Wildman–Crippen MR) is 90.9 cm³/mol. The summed E-state index contributed by atoms with van der Waals surface area (Å²) >= 11 is 0. The molecule has 0 radical (unpaired) electrons. The molecule has 120 valence electrons. The molecule has 2 aromatic rings. The van der Waals surface area contributed by atoms with E-state index in [9.17, 15) is 4.79 Å². The molecule has 2 heterocycles. The first-order valence-electron chi connectivity index (χ1n) is 8.18. The lowest BCUT2D eigenvalue weighted by Crippen LogP contribution is -2.32. The van der Waals surface area contributed by atoms with Crippen LogP contribution in [0.1, 0.15) is 41.6 Å². The van der Waals surface area contributed by atoms with Crippen molar-refractivity contribution < 1.29 is 4.79 Å². The van der Waals surface area contributed by atoms with E-state index in [1.165, 1.54) is 12.8 Å². The second-order valence-corrected chi connectivity index (χ2v) is 5.94. The zero-order chi connectivity index (χ0) is 16.1. The van der Waals surface area contributed by atoms with Gasteiger partial charge in [-0.15, -0.1) is 0 Å². The summed E-state index contributed by atoms with van der Waals surface area (Å²) in [5, 5.41) is 3.18. The van der Waals surface area contributed by atoms with Crippen molar-refractivity contribution in [1.29, 1.82) is 0 Å². The van der Waals surface area contributed by atoms with Gasteiger partial charge in [0, 0.05) is 31.2 Å². The number of rotatable bonds is 3. The van der Waals surface area contributed by atoms with Gasteiger partial charge in [-0.05, 0) is 31.4 Å². The minimum Gasteiger partial charge on any atom is -0.339 e. The molecule has 0 aliphatic carbocycles. The van der Waals surface area contributed by atoms with Crippen molar-refractivity contribution >= 4 is 17.5 Å². The van der Waals surface area contributed by atoms with Crippen LogP contribution in [0.2, 0.25) is 0 Å². The van der Waals surface area contributed by atoms with Gasteiger partial charge in [-0.2, -0.15) is 0 Å². The van der Waals surface area contributed by atoms with Crippen molar-refractivity contribution in [3.8, 4) is 0 Å². The minimum absolute atomic E-state index is 0.0364. The molecular weight excluding hydrogens is 288 g/mol. The van der Waals surface area contributed by atoms with E-state index in [0.717, 1.165) is 37.2 Å². The summed E-state index contributed by atoms with van der Waals surface area (Å²) < 4.78 is 0. The number of carbonyl (C=O) groups is 1. The summed E-state index contributed by atoms with van der Waals surface area (Å²) in [6, 6.07) is 7.96. The number of hydrogen-bond acceptors (Lipinski definition) is 4. The highest BCUT2D eigenvalue weighted by molar-refractivity contribution is 5.93. The van der Waals surface area contributed by atoms with Gasteiger partial charge < -0.3 is 10.2 Å². The van der Waals surface area contributed by atoms with Crippen LogP contribution in [-0.4, -0.2) is 33.9 Å². The number of benzene rings is 1. The molecule has 1 fully saturated rings. The Bertz CT molecular complexity index is 661. The van der Waals surface area contributed by atoms with Crippen molar-refractivity contribution in [2.45, 2.75) is 32.6 Å². The standard InChI is InChI=1S/C18H22N4O/c1-14-8-4-5-9-16(14)21-18-19-12-15(13-20-18)17(23)22-10-6-2-3-7-11-22/h4-5,8-9,12-13H,2-3,6-7,10-11H2,1H3,(H,19,20,21). The Morgan fingerprint density at radius 1 is 1.04 bits per heavy atom. The van der Waals surface area contributed by atoms with Crippen LogP contribution in [0.15, 0.2) is 36.7 Å². The smallest absolute Gasteiger partial charge is 0.256 e. The fourth-order valence-electron chi connectivity index (χ4n) is 2.79. The fraction of sp³-hybridized carbons (Fsp3) is 0.389. The summed E-state index contributed by atoms with van der Waals surface area (Å²) in [5.74, 6) is 0.543. The average Bonchev–Trinajstić information content (AvgIpc) is 2.86. The van der Waals surface area contributed by atoms with Gasteiger partial charge in [0.2, 0.25) is 5.95 Å². The van der Waals surface area contributed by atoms with Crippen molar-refractivity contribution in [2.24, 2.45) is 0 Å².